The molecule has 0 radical (unpaired) electrons. The van der Waals surface area contributed by atoms with Gasteiger partial charge < -0.3 is 10.1 Å². The molecule has 0 amide bonds. The van der Waals surface area contributed by atoms with Gasteiger partial charge in [0.1, 0.15) is 12.4 Å². The number of ether oxygens (including phenoxy) is 1. The van der Waals surface area contributed by atoms with E-state index in [9.17, 15) is 0 Å². The van der Waals surface area contributed by atoms with Crippen LogP contribution in [0.25, 0.3) is 0 Å². The lowest BCUT2D eigenvalue weighted by atomic mass is 10.1. The summed E-state index contributed by atoms with van der Waals surface area (Å²) in [6.07, 6.45) is 2.81. The number of rotatable bonds is 6. The molecule has 2 heteroatoms. The monoisotopic (exact) mass is 219 g/mol. The fraction of sp³-hybridized carbons (Fsp3) is 0.571. The van der Waals surface area contributed by atoms with Crippen molar-refractivity contribution in [2.75, 3.05) is 19.7 Å². The van der Waals surface area contributed by atoms with Crippen LogP contribution in [0.3, 0.4) is 0 Å². The summed E-state index contributed by atoms with van der Waals surface area (Å²) in [6, 6.07) is 6.27. The van der Waals surface area contributed by atoms with E-state index in [-0.39, 0.29) is 0 Å². The van der Waals surface area contributed by atoms with Crippen molar-refractivity contribution in [3.63, 3.8) is 0 Å². The first-order valence-electron chi connectivity index (χ1n) is 6.17. The summed E-state index contributed by atoms with van der Waals surface area (Å²) in [5.74, 6) is 2.00. The van der Waals surface area contributed by atoms with Crippen LogP contribution in [0.4, 0.5) is 0 Å². The summed E-state index contributed by atoms with van der Waals surface area (Å²) in [4.78, 5) is 0. The highest BCUT2D eigenvalue weighted by Crippen LogP contribution is 2.27. The van der Waals surface area contributed by atoms with Crippen molar-refractivity contribution < 1.29 is 4.74 Å². The van der Waals surface area contributed by atoms with Gasteiger partial charge in [0.25, 0.3) is 0 Å². The molecule has 0 unspecified atom stereocenters. The van der Waals surface area contributed by atoms with Crippen LogP contribution >= 0.6 is 0 Å². The Bertz CT molecular complexity index is 324. The molecule has 0 aromatic heterocycles. The maximum Gasteiger partial charge on any atom is 0.125 e. The van der Waals surface area contributed by atoms with E-state index >= 15 is 0 Å². The molecule has 1 N–H and O–H groups in total. The molecule has 1 fully saturated rings. The molecule has 1 aliphatic rings. The highest BCUT2D eigenvalue weighted by atomic mass is 16.5. The van der Waals surface area contributed by atoms with Gasteiger partial charge in [-0.2, -0.15) is 0 Å². The lowest BCUT2D eigenvalue weighted by Gasteiger charge is -2.12. The summed E-state index contributed by atoms with van der Waals surface area (Å²) in [6.45, 7) is 7.07. The molecule has 0 aliphatic heterocycles. The first kappa shape index (κ1) is 11.5. The molecule has 2 nitrogen and oxygen atoms in total. The molecular weight excluding hydrogens is 198 g/mol. The maximum absolute atomic E-state index is 5.81. The molecule has 0 spiro atoms. The third-order valence-corrected chi connectivity index (χ3v) is 3.06. The second kappa shape index (κ2) is 5.35. The number of hydrogen-bond acceptors (Lipinski definition) is 2. The fourth-order valence-electron chi connectivity index (χ4n) is 1.88. The number of nitrogens with one attached hydrogen (secondary N) is 1. The van der Waals surface area contributed by atoms with Crippen LogP contribution in [-0.4, -0.2) is 19.7 Å². The van der Waals surface area contributed by atoms with Gasteiger partial charge in [0, 0.05) is 6.54 Å². The van der Waals surface area contributed by atoms with Crippen molar-refractivity contribution in [2.24, 2.45) is 5.92 Å². The van der Waals surface area contributed by atoms with E-state index in [0.717, 1.165) is 31.4 Å². The normalized spacial score (nSPS) is 15.1. The molecule has 1 aromatic carbocycles. The second-order valence-electron chi connectivity index (χ2n) is 4.72. The van der Waals surface area contributed by atoms with Crippen LogP contribution in [0, 0.1) is 19.8 Å². The van der Waals surface area contributed by atoms with E-state index in [0.29, 0.717) is 0 Å². The first-order chi connectivity index (χ1) is 7.77. The molecule has 16 heavy (non-hydrogen) atoms. The Balaban J connectivity index is 1.71. The molecular formula is C14H21NO. The van der Waals surface area contributed by atoms with Crippen LogP contribution in [-0.2, 0) is 0 Å². The van der Waals surface area contributed by atoms with Gasteiger partial charge in [-0.25, -0.2) is 0 Å². The van der Waals surface area contributed by atoms with Gasteiger partial charge in [0.05, 0.1) is 0 Å². The molecule has 1 saturated carbocycles. The van der Waals surface area contributed by atoms with E-state index in [1.165, 1.54) is 24.0 Å². The van der Waals surface area contributed by atoms with Crippen LogP contribution in [0.5, 0.6) is 5.75 Å². The maximum atomic E-state index is 5.81. The molecule has 0 bridgehead atoms. The molecule has 0 saturated heterocycles. The van der Waals surface area contributed by atoms with Crippen molar-refractivity contribution in [1.29, 1.82) is 0 Å². The summed E-state index contributed by atoms with van der Waals surface area (Å²) in [5.41, 5.74) is 2.45. The number of para-hydroxylation sites is 1. The van der Waals surface area contributed by atoms with Crippen molar-refractivity contribution in [2.45, 2.75) is 26.7 Å². The topological polar surface area (TPSA) is 21.3 Å². The van der Waals surface area contributed by atoms with E-state index in [1.807, 2.05) is 0 Å². The van der Waals surface area contributed by atoms with Gasteiger partial charge in [-0.1, -0.05) is 18.2 Å². The largest absolute Gasteiger partial charge is 0.492 e. The Kier molecular flexibility index (Phi) is 3.83. The van der Waals surface area contributed by atoms with E-state index in [4.69, 9.17) is 4.74 Å². The summed E-state index contributed by atoms with van der Waals surface area (Å²) in [7, 11) is 0. The van der Waals surface area contributed by atoms with Crippen LogP contribution in [0.15, 0.2) is 18.2 Å². The second-order valence-corrected chi connectivity index (χ2v) is 4.72. The highest BCUT2D eigenvalue weighted by Gasteiger charge is 2.19. The highest BCUT2D eigenvalue weighted by molar-refractivity contribution is 5.39. The van der Waals surface area contributed by atoms with E-state index in [2.05, 4.69) is 37.4 Å². The molecule has 0 heterocycles. The van der Waals surface area contributed by atoms with Crippen molar-refractivity contribution in [3.8, 4) is 5.75 Å². The summed E-state index contributed by atoms with van der Waals surface area (Å²) < 4.78 is 5.81. The average Bonchev–Trinajstić information content (AvgIpc) is 3.05. The van der Waals surface area contributed by atoms with Gasteiger partial charge in [-0.15, -0.1) is 0 Å². The predicted molar refractivity (Wildman–Crippen MR) is 67.0 cm³/mol. The standard InChI is InChI=1S/C14H21NO/c1-11-4-3-5-12(2)14(11)16-9-8-15-10-13-6-7-13/h3-5,13,15H,6-10H2,1-2H3. The molecule has 1 aliphatic carbocycles. The Hall–Kier alpha value is -1.02. The van der Waals surface area contributed by atoms with Gasteiger partial charge in [-0.3, -0.25) is 0 Å². The molecule has 1 aromatic rings. The van der Waals surface area contributed by atoms with Crippen molar-refractivity contribution >= 4 is 0 Å². The lowest BCUT2D eigenvalue weighted by Crippen LogP contribution is -2.23. The van der Waals surface area contributed by atoms with Crippen LogP contribution in [0.2, 0.25) is 0 Å². The van der Waals surface area contributed by atoms with Crippen molar-refractivity contribution in [1.82, 2.24) is 5.32 Å². The van der Waals surface area contributed by atoms with Crippen LogP contribution in [0.1, 0.15) is 24.0 Å². The molecule has 88 valence electrons. The van der Waals surface area contributed by atoms with E-state index < -0.39 is 0 Å². The summed E-state index contributed by atoms with van der Waals surface area (Å²) >= 11 is 0. The number of hydrogen-bond donors (Lipinski definition) is 1. The van der Waals surface area contributed by atoms with Crippen molar-refractivity contribution in [3.05, 3.63) is 29.3 Å². The van der Waals surface area contributed by atoms with Gasteiger partial charge >= 0.3 is 0 Å². The molecule has 0 atom stereocenters. The Morgan fingerprint density at radius 2 is 1.94 bits per heavy atom. The third-order valence-electron chi connectivity index (χ3n) is 3.06. The Morgan fingerprint density at radius 1 is 1.25 bits per heavy atom. The predicted octanol–water partition coefficient (Wildman–Crippen LogP) is 2.68. The quantitative estimate of drug-likeness (QED) is 0.743. The number of aryl methyl sites for hydroxylation is 2. The molecule has 2 rings (SSSR count). The van der Waals surface area contributed by atoms with Gasteiger partial charge in [0.15, 0.2) is 0 Å². The first-order valence-corrected chi connectivity index (χ1v) is 6.17. The zero-order valence-corrected chi connectivity index (χ0v) is 10.3. The minimum Gasteiger partial charge on any atom is -0.492 e. The zero-order valence-electron chi connectivity index (χ0n) is 10.3. The smallest absolute Gasteiger partial charge is 0.125 e. The summed E-state index contributed by atoms with van der Waals surface area (Å²) in [5, 5.41) is 3.43. The minimum absolute atomic E-state index is 0.762. The fourth-order valence-corrected chi connectivity index (χ4v) is 1.88. The zero-order chi connectivity index (χ0) is 11.4. The lowest BCUT2D eigenvalue weighted by molar-refractivity contribution is 0.309. The van der Waals surface area contributed by atoms with Gasteiger partial charge in [0.2, 0.25) is 0 Å². The number of benzene rings is 1. The Labute approximate surface area is 98.0 Å². The van der Waals surface area contributed by atoms with Gasteiger partial charge in [-0.05, 0) is 50.3 Å². The SMILES string of the molecule is Cc1cccc(C)c1OCCNCC1CC1. The average molecular weight is 219 g/mol. The minimum atomic E-state index is 0.762. The van der Waals surface area contributed by atoms with E-state index in [1.54, 1.807) is 0 Å². The Morgan fingerprint density at radius 3 is 2.56 bits per heavy atom. The third kappa shape index (κ3) is 3.24. The van der Waals surface area contributed by atoms with Crippen LogP contribution < -0.4 is 10.1 Å².